The van der Waals surface area contributed by atoms with Crippen LogP contribution in [0.3, 0.4) is 0 Å². The highest BCUT2D eigenvalue weighted by Crippen LogP contribution is 2.34. The van der Waals surface area contributed by atoms with E-state index in [0.717, 1.165) is 31.4 Å². The molecule has 1 aromatic rings. The fourth-order valence-electron chi connectivity index (χ4n) is 2.83. The fraction of sp³-hybridized carbons (Fsp3) is 0.529. The molecule has 0 saturated carbocycles. The van der Waals surface area contributed by atoms with Crippen molar-refractivity contribution < 1.29 is 26.7 Å². The molecule has 0 amide bonds. The zero-order valence-electron chi connectivity index (χ0n) is 12.8. The van der Waals surface area contributed by atoms with Crippen LogP contribution in [0.5, 0.6) is 0 Å². The van der Waals surface area contributed by atoms with Crippen molar-refractivity contribution in [1.29, 1.82) is 0 Å². The highest BCUT2D eigenvalue weighted by atomic mass is 19.4. The Labute approximate surface area is 132 Å². The van der Waals surface area contributed by atoms with Crippen molar-refractivity contribution in [3.8, 4) is 0 Å². The SMILES string of the molecule is CCCC1CCC(c2cc(F)c(/C=C/C(F)(F)F)c(F)c2)OC1. The summed E-state index contributed by atoms with van der Waals surface area (Å²) in [4.78, 5) is 0. The van der Waals surface area contributed by atoms with E-state index >= 15 is 0 Å². The quantitative estimate of drug-likeness (QED) is 0.632. The van der Waals surface area contributed by atoms with Crippen molar-refractivity contribution in [3.05, 3.63) is 41.0 Å². The third-order valence-electron chi connectivity index (χ3n) is 3.98. The average molecular weight is 334 g/mol. The lowest BCUT2D eigenvalue weighted by molar-refractivity contribution is -0.0790. The van der Waals surface area contributed by atoms with Crippen LogP contribution >= 0.6 is 0 Å². The Bertz CT molecular complexity index is 534. The molecule has 1 nitrogen and oxygen atoms in total. The molecule has 0 N–H and O–H groups in total. The molecule has 1 aromatic carbocycles. The van der Waals surface area contributed by atoms with E-state index in [9.17, 15) is 22.0 Å². The molecule has 2 rings (SSSR count). The fourth-order valence-corrected chi connectivity index (χ4v) is 2.83. The third kappa shape index (κ3) is 5.03. The van der Waals surface area contributed by atoms with E-state index in [1.54, 1.807) is 0 Å². The monoisotopic (exact) mass is 334 g/mol. The molecular weight excluding hydrogens is 315 g/mol. The van der Waals surface area contributed by atoms with Crippen LogP contribution in [0.4, 0.5) is 22.0 Å². The van der Waals surface area contributed by atoms with Gasteiger partial charge >= 0.3 is 6.18 Å². The molecule has 0 spiro atoms. The number of halogens is 5. The lowest BCUT2D eigenvalue weighted by Gasteiger charge is -2.29. The first-order valence-electron chi connectivity index (χ1n) is 7.66. The molecular formula is C17H19F5O. The van der Waals surface area contributed by atoms with Gasteiger partial charge in [0.1, 0.15) is 11.6 Å². The maximum atomic E-state index is 13.9. The largest absolute Gasteiger partial charge is 0.409 e. The summed E-state index contributed by atoms with van der Waals surface area (Å²) in [5.74, 6) is -1.57. The summed E-state index contributed by atoms with van der Waals surface area (Å²) in [6.45, 7) is 2.63. The molecule has 0 radical (unpaired) electrons. The Morgan fingerprint density at radius 2 is 1.83 bits per heavy atom. The van der Waals surface area contributed by atoms with E-state index in [2.05, 4.69) is 6.92 Å². The summed E-state index contributed by atoms with van der Waals surface area (Å²) in [6, 6.07) is 2.12. The molecule has 2 unspecified atom stereocenters. The standard InChI is InChI=1S/C17H19F5O/c1-2-3-11-4-5-16(23-10-11)12-8-14(18)13(15(19)9-12)6-7-17(20,21)22/h6-9,11,16H,2-5,10H2,1H3/b7-6+. The summed E-state index contributed by atoms with van der Waals surface area (Å²) in [6.07, 6.45) is -1.11. The summed E-state index contributed by atoms with van der Waals surface area (Å²) in [5.41, 5.74) is -0.357. The molecule has 1 aliphatic rings. The normalized spacial score (nSPS) is 22.7. The summed E-state index contributed by atoms with van der Waals surface area (Å²) >= 11 is 0. The van der Waals surface area contributed by atoms with E-state index in [0.29, 0.717) is 30.6 Å². The van der Waals surface area contributed by atoms with Gasteiger partial charge in [0, 0.05) is 11.6 Å². The summed E-state index contributed by atoms with van der Waals surface area (Å²) in [7, 11) is 0. The number of hydrogen-bond donors (Lipinski definition) is 0. The number of alkyl halides is 3. The third-order valence-corrected chi connectivity index (χ3v) is 3.98. The van der Waals surface area contributed by atoms with E-state index in [1.807, 2.05) is 0 Å². The lowest BCUT2D eigenvalue weighted by atomic mass is 9.91. The highest BCUT2D eigenvalue weighted by Gasteiger charge is 2.25. The van der Waals surface area contributed by atoms with Gasteiger partial charge in [-0.3, -0.25) is 0 Å². The molecule has 0 bridgehead atoms. The Hall–Kier alpha value is -1.43. The van der Waals surface area contributed by atoms with E-state index in [1.165, 1.54) is 0 Å². The topological polar surface area (TPSA) is 9.23 Å². The first-order valence-corrected chi connectivity index (χ1v) is 7.66. The average Bonchev–Trinajstić information content (AvgIpc) is 2.46. The molecule has 0 aromatic heterocycles. The maximum Gasteiger partial charge on any atom is 0.409 e. The van der Waals surface area contributed by atoms with Crippen LogP contribution in [-0.4, -0.2) is 12.8 Å². The smallest absolute Gasteiger partial charge is 0.373 e. The van der Waals surface area contributed by atoms with Gasteiger partial charge in [-0.2, -0.15) is 13.2 Å². The Morgan fingerprint density at radius 3 is 2.30 bits per heavy atom. The van der Waals surface area contributed by atoms with Gasteiger partial charge in [-0.25, -0.2) is 8.78 Å². The minimum absolute atomic E-state index is 0.180. The van der Waals surface area contributed by atoms with Gasteiger partial charge in [0.25, 0.3) is 0 Å². The van der Waals surface area contributed by atoms with Crippen LogP contribution in [0.25, 0.3) is 6.08 Å². The Balaban J connectivity index is 2.13. The summed E-state index contributed by atoms with van der Waals surface area (Å²) in [5, 5.41) is 0. The molecule has 1 heterocycles. The minimum atomic E-state index is -4.61. The van der Waals surface area contributed by atoms with E-state index in [-0.39, 0.29) is 6.08 Å². The van der Waals surface area contributed by atoms with Crippen molar-refractivity contribution in [1.82, 2.24) is 0 Å². The van der Waals surface area contributed by atoms with Gasteiger partial charge in [-0.1, -0.05) is 13.3 Å². The van der Waals surface area contributed by atoms with Crippen LogP contribution in [0.15, 0.2) is 18.2 Å². The van der Waals surface area contributed by atoms with Crippen LogP contribution in [0.2, 0.25) is 0 Å². The van der Waals surface area contributed by atoms with Crippen molar-refractivity contribution in [3.63, 3.8) is 0 Å². The first-order chi connectivity index (χ1) is 10.8. The first kappa shape index (κ1) is 17.9. The van der Waals surface area contributed by atoms with Gasteiger partial charge < -0.3 is 4.74 Å². The van der Waals surface area contributed by atoms with Crippen molar-refractivity contribution in [2.75, 3.05) is 6.61 Å². The van der Waals surface area contributed by atoms with Crippen molar-refractivity contribution in [2.45, 2.75) is 44.9 Å². The van der Waals surface area contributed by atoms with Gasteiger partial charge in [0.05, 0.1) is 12.7 Å². The molecule has 23 heavy (non-hydrogen) atoms. The van der Waals surface area contributed by atoms with Gasteiger partial charge in [0.15, 0.2) is 0 Å². The molecule has 1 fully saturated rings. The van der Waals surface area contributed by atoms with Crippen LogP contribution in [0, 0.1) is 17.6 Å². The molecule has 128 valence electrons. The molecule has 0 aliphatic carbocycles. The molecule has 1 saturated heterocycles. The lowest BCUT2D eigenvalue weighted by Crippen LogP contribution is -2.20. The Kier molecular flexibility index (Phi) is 5.79. The van der Waals surface area contributed by atoms with Gasteiger partial charge in [-0.05, 0) is 49.0 Å². The predicted octanol–water partition coefficient (Wildman–Crippen LogP) is 5.81. The maximum absolute atomic E-state index is 13.9. The van der Waals surface area contributed by atoms with Crippen LogP contribution < -0.4 is 0 Å². The number of rotatable bonds is 4. The van der Waals surface area contributed by atoms with Crippen LogP contribution in [0.1, 0.15) is 49.8 Å². The molecule has 2 atom stereocenters. The number of hydrogen-bond acceptors (Lipinski definition) is 1. The second kappa shape index (κ2) is 7.43. The summed E-state index contributed by atoms with van der Waals surface area (Å²) < 4.78 is 69.9. The van der Waals surface area contributed by atoms with Gasteiger partial charge in [0.2, 0.25) is 0 Å². The second-order valence-electron chi connectivity index (χ2n) is 5.83. The Morgan fingerprint density at radius 1 is 1.17 bits per heavy atom. The van der Waals surface area contributed by atoms with Crippen molar-refractivity contribution >= 4 is 6.08 Å². The second-order valence-corrected chi connectivity index (χ2v) is 5.83. The minimum Gasteiger partial charge on any atom is -0.373 e. The number of ether oxygens (including phenoxy) is 1. The number of allylic oxidation sites excluding steroid dienone is 1. The number of benzene rings is 1. The van der Waals surface area contributed by atoms with Crippen LogP contribution in [-0.2, 0) is 4.74 Å². The highest BCUT2D eigenvalue weighted by molar-refractivity contribution is 5.52. The predicted molar refractivity (Wildman–Crippen MR) is 77.8 cm³/mol. The molecule has 1 aliphatic heterocycles. The van der Waals surface area contributed by atoms with E-state index < -0.39 is 29.5 Å². The van der Waals surface area contributed by atoms with Gasteiger partial charge in [-0.15, -0.1) is 0 Å². The zero-order valence-corrected chi connectivity index (χ0v) is 12.8. The molecule has 6 heteroatoms. The van der Waals surface area contributed by atoms with E-state index in [4.69, 9.17) is 4.74 Å². The zero-order chi connectivity index (χ0) is 17.0. The van der Waals surface area contributed by atoms with Crippen molar-refractivity contribution in [2.24, 2.45) is 5.92 Å².